The van der Waals surface area contributed by atoms with Crippen molar-refractivity contribution in [2.75, 3.05) is 17.3 Å². The van der Waals surface area contributed by atoms with Crippen LogP contribution in [0.15, 0.2) is 41.5 Å². The van der Waals surface area contributed by atoms with Crippen LogP contribution < -0.4 is 10.7 Å². The lowest BCUT2D eigenvalue weighted by atomic mass is 10.1. The van der Waals surface area contributed by atoms with E-state index in [1.807, 2.05) is 55.3 Å². The zero-order chi connectivity index (χ0) is 17.0. The molecule has 0 heterocycles. The van der Waals surface area contributed by atoms with Crippen molar-refractivity contribution < 1.29 is 0 Å². The largest absolute Gasteiger partial charge is 0.398 e. The fourth-order valence-corrected chi connectivity index (χ4v) is 2.97. The molecule has 2 aromatic rings. The van der Waals surface area contributed by atoms with Gasteiger partial charge in [0.1, 0.15) is 0 Å². The minimum Gasteiger partial charge on any atom is -0.398 e. The van der Waals surface area contributed by atoms with Gasteiger partial charge in [-0.3, -0.25) is 5.01 Å². The van der Waals surface area contributed by atoms with Gasteiger partial charge >= 0.3 is 0 Å². The fourth-order valence-electron chi connectivity index (χ4n) is 2.38. The third-order valence-corrected chi connectivity index (χ3v) is 4.11. The first-order chi connectivity index (χ1) is 10.9. The molecule has 0 radical (unpaired) electrons. The van der Waals surface area contributed by atoms with E-state index in [0.29, 0.717) is 22.3 Å². The van der Waals surface area contributed by atoms with Gasteiger partial charge in [-0.2, -0.15) is 5.10 Å². The highest BCUT2D eigenvalue weighted by Gasteiger charge is 2.14. The maximum Gasteiger partial charge on any atom is 0.0966 e. The molecular weight excluding hydrogens is 329 g/mol. The van der Waals surface area contributed by atoms with Crippen LogP contribution >= 0.6 is 23.2 Å². The number of halogens is 2. The van der Waals surface area contributed by atoms with Crippen molar-refractivity contribution in [3.63, 3.8) is 0 Å². The normalized spacial score (nSPS) is 11.6. The lowest BCUT2D eigenvalue weighted by molar-refractivity contribution is 0.806. The number of anilines is 2. The summed E-state index contributed by atoms with van der Waals surface area (Å²) in [7, 11) is 0. The zero-order valence-electron chi connectivity index (χ0n) is 13.6. The van der Waals surface area contributed by atoms with E-state index in [-0.39, 0.29) is 0 Å². The highest BCUT2D eigenvalue weighted by Crippen LogP contribution is 2.34. The molecule has 0 fully saturated rings. The Bertz CT molecular complexity index is 706. The van der Waals surface area contributed by atoms with Crippen LogP contribution in [0, 0.1) is 6.92 Å². The van der Waals surface area contributed by atoms with Gasteiger partial charge in [0, 0.05) is 17.8 Å². The van der Waals surface area contributed by atoms with E-state index >= 15 is 0 Å². The van der Waals surface area contributed by atoms with Crippen LogP contribution in [0.3, 0.4) is 0 Å². The van der Waals surface area contributed by atoms with Crippen LogP contribution in [0.4, 0.5) is 11.4 Å². The molecule has 0 spiro atoms. The minimum absolute atomic E-state index is 0.583. The predicted molar refractivity (Wildman–Crippen MR) is 102 cm³/mol. The monoisotopic (exact) mass is 349 g/mol. The zero-order valence-corrected chi connectivity index (χ0v) is 15.1. The molecule has 0 bridgehead atoms. The number of nitrogens with zero attached hydrogens (tertiary/aromatic N) is 2. The van der Waals surface area contributed by atoms with Crippen molar-refractivity contribution in [3.05, 3.63) is 57.6 Å². The Morgan fingerprint density at radius 3 is 2.43 bits per heavy atom. The number of hydrogen-bond acceptors (Lipinski definition) is 3. The number of rotatable bonds is 5. The van der Waals surface area contributed by atoms with Crippen LogP contribution in [0.25, 0.3) is 0 Å². The summed E-state index contributed by atoms with van der Waals surface area (Å²) in [6.07, 6.45) is 0.918. The van der Waals surface area contributed by atoms with E-state index in [1.165, 1.54) is 0 Å². The van der Waals surface area contributed by atoms with Gasteiger partial charge in [0.15, 0.2) is 0 Å². The lowest BCUT2D eigenvalue weighted by Crippen LogP contribution is -2.20. The average Bonchev–Trinajstić information content (AvgIpc) is 2.49. The molecule has 0 amide bonds. The highest BCUT2D eigenvalue weighted by molar-refractivity contribution is 6.39. The van der Waals surface area contributed by atoms with Crippen LogP contribution in [0.2, 0.25) is 10.0 Å². The predicted octanol–water partition coefficient (Wildman–Crippen LogP) is 5.52. The number of nitrogen functional groups attached to an aromatic ring is 1. The van der Waals surface area contributed by atoms with Crippen molar-refractivity contribution in [2.45, 2.75) is 27.2 Å². The molecule has 0 saturated carbocycles. The second kappa shape index (κ2) is 7.71. The van der Waals surface area contributed by atoms with E-state index in [4.69, 9.17) is 34.0 Å². The summed E-state index contributed by atoms with van der Waals surface area (Å²) in [4.78, 5) is 0. The molecule has 23 heavy (non-hydrogen) atoms. The van der Waals surface area contributed by atoms with Gasteiger partial charge in [-0.05, 0) is 44.5 Å². The van der Waals surface area contributed by atoms with Gasteiger partial charge in [0.25, 0.3) is 0 Å². The van der Waals surface area contributed by atoms with Crippen molar-refractivity contribution >= 4 is 40.3 Å². The number of benzene rings is 2. The molecule has 2 rings (SSSR count). The molecule has 2 aromatic carbocycles. The molecule has 2 N–H and O–H groups in total. The smallest absolute Gasteiger partial charge is 0.0966 e. The molecule has 0 aliphatic heterocycles. The van der Waals surface area contributed by atoms with E-state index < -0.39 is 0 Å². The molecular formula is C18H21Cl2N3. The van der Waals surface area contributed by atoms with Gasteiger partial charge < -0.3 is 5.73 Å². The number of nitrogens with two attached hydrogens (primary N) is 1. The molecule has 0 saturated heterocycles. The third kappa shape index (κ3) is 4.18. The van der Waals surface area contributed by atoms with Crippen molar-refractivity contribution in [2.24, 2.45) is 5.10 Å². The first kappa shape index (κ1) is 17.6. The number of hydrogen-bond donors (Lipinski definition) is 1. The summed E-state index contributed by atoms with van der Waals surface area (Å²) in [6.45, 7) is 6.78. The first-order valence-electron chi connectivity index (χ1n) is 7.57. The van der Waals surface area contributed by atoms with Crippen molar-refractivity contribution in [1.82, 2.24) is 0 Å². The van der Waals surface area contributed by atoms with Gasteiger partial charge in [-0.25, -0.2) is 0 Å². The Morgan fingerprint density at radius 1 is 1.17 bits per heavy atom. The number of hydrazone groups is 1. The first-order valence-corrected chi connectivity index (χ1v) is 8.33. The SMILES string of the molecule is CCCN(/N=C(\C)c1cc(C)ccc1N)c1c(Cl)cccc1Cl. The molecule has 0 aliphatic carbocycles. The second-order valence-corrected chi connectivity index (χ2v) is 6.28. The molecule has 0 aromatic heterocycles. The quantitative estimate of drug-likeness (QED) is 0.438. The van der Waals surface area contributed by atoms with Crippen LogP contribution in [0.5, 0.6) is 0 Å². The summed E-state index contributed by atoms with van der Waals surface area (Å²) in [5, 5.41) is 7.75. The van der Waals surface area contributed by atoms with Crippen molar-refractivity contribution in [3.8, 4) is 0 Å². The van der Waals surface area contributed by atoms with Gasteiger partial charge in [-0.15, -0.1) is 0 Å². The maximum atomic E-state index is 6.33. The molecule has 122 valence electrons. The summed E-state index contributed by atoms with van der Waals surface area (Å²) in [6, 6.07) is 11.4. The van der Waals surface area contributed by atoms with E-state index in [0.717, 1.165) is 28.9 Å². The summed E-state index contributed by atoms with van der Waals surface area (Å²) in [5.74, 6) is 0. The minimum atomic E-state index is 0.583. The maximum absolute atomic E-state index is 6.33. The van der Waals surface area contributed by atoms with E-state index in [2.05, 4.69) is 6.92 Å². The summed E-state index contributed by atoms with van der Waals surface area (Å²) in [5.41, 5.74) is 10.4. The van der Waals surface area contributed by atoms with E-state index in [1.54, 1.807) is 0 Å². The third-order valence-electron chi connectivity index (χ3n) is 3.50. The van der Waals surface area contributed by atoms with E-state index in [9.17, 15) is 0 Å². The van der Waals surface area contributed by atoms with Gasteiger partial charge in [-0.1, -0.05) is 47.8 Å². The van der Waals surface area contributed by atoms with Gasteiger partial charge in [0.05, 0.1) is 21.4 Å². The molecule has 3 nitrogen and oxygen atoms in total. The Hall–Kier alpha value is -1.71. The van der Waals surface area contributed by atoms with Crippen LogP contribution in [-0.4, -0.2) is 12.3 Å². The standard InChI is InChI=1S/C18H21Cl2N3/c1-4-10-23(18-15(19)6-5-7-16(18)20)22-13(3)14-11-12(2)8-9-17(14)21/h5-9,11H,4,10,21H2,1-3H3/b22-13+. The molecule has 5 heteroatoms. The topological polar surface area (TPSA) is 41.6 Å². The number of aryl methyl sites for hydroxylation is 1. The average molecular weight is 350 g/mol. The Balaban J connectivity index is 2.48. The molecule has 0 atom stereocenters. The molecule has 0 unspecified atom stereocenters. The second-order valence-electron chi connectivity index (χ2n) is 5.47. The fraction of sp³-hybridized carbons (Fsp3) is 0.278. The number of para-hydroxylation sites is 1. The Labute approximate surface area is 147 Å². The highest BCUT2D eigenvalue weighted by atomic mass is 35.5. The Kier molecular flexibility index (Phi) is 5.91. The summed E-state index contributed by atoms with van der Waals surface area (Å²) < 4.78 is 0. The Morgan fingerprint density at radius 2 is 1.83 bits per heavy atom. The summed E-state index contributed by atoms with van der Waals surface area (Å²) >= 11 is 12.7. The van der Waals surface area contributed by atoms with Crippen LogP contribution in [0.1, 0.15) is 31.4 Å². The van der Waals surface area contributed by atoms with Gasteiger partial charge in [0.2, 0.25) is 0 Å². The van der Waals surface area contributed by atoms with Crippen molar-refractivity contribution in [1.29, 1.82) is 0 Å². The van der Waals surface area contributed by atoms with Crippen LogP contribution in [-0.2, 0) is 0 Å². The lowest BCUT2D eigenvalue weighted by Gasteiger charge is -2.22. The molecule has 0 aliphatic rings.